The van der Waals surface area contributed by atoms with Crippen LogP contribution in [0.15, 0.2) is 24.3 Å². The highest BCUT2D eigenvalue weighted by atomic mass is 35.5. The van der Waals surface area contributed by atoms with Gasteiger partial charge in [0.15, 0.2) is 0 Å². The van der Waals surface area contributed by atoms with E-state index in [2.05, 4.69) is 5.10 Å². The molecule has 0 unspecified atom stereocenters. The van der Waals surface area contributed by atoms with Crippen molar-refractivity contribution in [2.24, 2.45) is 7.05 Å². The molecule has 2 rings (SSSR count). The number of ether oxygens (including phenoxy) is 1. The van der Waals surface area contributed by atoms with E-state index in [9.17, 15) is 4.79 Å². The highest BCUT2D eigenvalue weighted by Gasteiger charge is 2.13. The Bertz CT molecular complexity index is 637. The monoisotopic (exact) mass is 294 g/mol. The van der Waals surface area contributed by atoms with Gasteiger partial charge in [0.2, 0.25) is 0 Å². The summed E-state index contributed by atoms with van der Waals surface area (Å²) in [5.41, 5.74) is 2.14. The number of halogens is 1. The summed E-state index contributed by atoms with van der Waals surface area (Å²) in [6.07, 6.45) is -0.0751. The molecule has 0 amide bonds. The Morgan fingerprint density at radius 2 is 2.15 bits per heavy atom. The van der Waals surface area contributed by atoms with Crippen molar-refractivity contribution >= 4 is 17.6 Å². The zero-order valence-electron chi connectivity index (χ0n) is 11.3. The number of carboxylic acid groups (broad SMARTS) is 1. The molecule has 0 saturated carbocycles. The Kier molecular flexibility index (Phi) is 4.29. The quantitative estimate of drug-likeness (QED) is 0.920. The van der Waals surface area contributed by atoms with Gasteiger partial charge in [-0.05, 0) is 13.0 Å². The van der Waals surface area contributed by atoms with Crippen LogP contribution in [-0.4, -0.2) is 20.9 Å². The van der Waals surface area contributed by atoms with E-state index in [0.29, 0.717) is 16.3 Å². The minimum atomic E-state index is -0.893. The van der Waals surface area contributed by atoms with Gasteiger partial charge < -0.3 is 9.84 Å². The molecule has 0 aliphatic carbocycles. The van der Waals surface area contributed by atoms with Crippen molar-refractivity contribution < 1.29 is 14.6 Å². The first-order valence-electron chi connectivity index (χ1n) is 6.09. The van der Waals surface area contributed by atoms with Crippen LogP contribution in [0.1, 0.15) is 17.0 Å². The van der Waals surface area contributed by atoms with E-state index >= 15 is 0 Å². The molecule has 5 nitrogen and oxygen atoms in total. The van der Waals surface area contributed by atoms with Crippen molar-refractivity contribution in [2.75, 3.05) is 0 Å². The van der Waals surface area contributed by atoms with Crippen LogP contribution in [0.2, 0.25) is 5.02 Å². The second kappa shape index (κ2) is 5.96. The number of para-hydroxylation sites is 1. The number of carbonyl (C=O) groups is 1. The highest BCUT2D eigenvalue weighted by Crippen LogP contribution is 2.23. The van der Waals surface area contributed by atoms with Gasteiger partial charge in [0.25, 0.3) is 0 Å². The molecular weight excluding hydrogens is 280 g/mol. The number of benzene rings is 1. The largest absolute Gasteiger partial charge is 0.487 e. The zero-order valence-corrected chi connectivity index (χ0v) is 12.0. The fourth-order valence-electron chi connectivity index (χ4n) is 1.94. The van der Waals surface area contributed by atoms with Crippen LogP contribution in [0, 0.1) is 6.92 Å². The van der Waals surface area contributed by atoms with Crippen LogP contribution in [0.4, 0.5) is 0 Å². The molecule has 1 aromatic heterocycles. The maximum Gasteiger partial charge on any atom is 0.307 e. The minimum Gasteiger partial charge on any atom is -0.487 e. The maximum absolute atomic E-state index is 10.8. The third-order valence-corrected chi connectivity index (χ3v) is 3.43. The van der Waals surface area contributed by atoms with Gasteiger partial charge in [-0.3, -0.25) is 9.48 Å². The second-order valence-electron chi connectivity index (χ2n) is 4.44. The topological polar surface area (TPSA) is 64.4 Å². The third-order valence-electron chi connectivity index (χ3n) is 2.94. The summed E-state index contributed by atoms with van der Waals surface area (Å²) in [6, 6.07) is 7.07. The van der Waals surface area contributed by atoms with Gasteiger partial charge in [0.05, 0.1) is 22.8 Å². The normalized spacial score (nSPS) is 10.6. The SMILES string of the molecule is Cc1nn(C)c(COc2ccccc2CC(=O)O)c1Cl. The van der Waals surface area contributed by atoms with Crippen LogP contribution in [-0.2, 0) is 24.9 Å². The molecule has 1 heterocycles. The molecule has 0 spiro atoms. The van der Waals surface area contributed by atoms with Crippen LogP contribution < -0.4 is 4.74 Å². The van der Waals surface area contributed by atoms with Crippen LogP contribution >= 0.6 is 11.6 Å². The zero-order chi connectivity index (χ0) is 14.7. The molecule has 0 aliphatic rings. The van der Waals surface area contributed by atoms with E-state index < -0.39 is 5.97 Å². The summed E-state index contributed by atoms with van der Waals surface area (Å²) in [6.45, 7) is 2.07. The lowest BCUT2D eigenvalue weighted by atomic mass is 10.1. The predicted molar refractivity (Wildman–Crippen MR) is 75.1 cm³/mol. The van der Waals surface area contributed by atoms with Gasteiger partial charge in [-0.25, -0.2) is 0 Å². The number of rotatable bonds is 5. The summed E-state index contributed by atoms with van der Waals surface area (Å²) in [5.74, 6) is -0.347. The van der Waals surface area contributed by atoms with Gasteiger partial charge in [-0.1, -0.05) is 29.8 Å². The van der Waals surface area contributed by atoms with Crippen molar-refractivity contribution in [2.45, 2.75) is 20.0 Å². The average molecular weight is 295 g/mol. The summed E-state index contributed by atoms with van der Waals surface area (Å²) < 4.78 is 7.35. The number of aliphatic carboxylic acids is 1. The van der Waals surface area contributed by atoms with Crippen molar-refractivity contribution in [3.63, 3.8) is 0 Å². The number of aryl methyl sites for hydroxylation is 2. The number of hydrogen-bond donors (Lipinski definition) is 1. The van der Waals surface area contributed by atoms with Gasteiger partial charge in [0.1, 0.15) is 12.4 Å². The number of aromatic nitrogens is 2. The smallest absolute Gasteiger partial charge is 0.307 e. The molecule has 1 N–H and O–H groups in total. The van der Waals surface area contributed by atoms with Crippen molar-refractivity contribution in [1.29, 1.82) is 0 Å². The highest BCUT2D eigenvalue weighted by molar-refractivity contribution is 6.31. The van der Waals surface area contributed by atoms with Crippen LogP contribution in [0.5, 0.6) is 5.75 Å². The second-order valence-corrected chi connectivity index (χ2v) is 4.81. The Hall–Kier alpha value is -2.01. The van der Waals surface area contributed by atoms with E-state index in [1.165, 1.54) is 0 Å². The van der Waals surface area contributed by atoms with E-state index in [0.717, 1.165) is 11.4 Å². The van der Waals surface area contributed by atoms with E-state index in [4.69, 9.17) is 21.4 Å². The summed E-state index contributed by atoms with van der Waals surface area (Å²) in [5, 5.41) is 13.7. The van der Waals surface area contributed by atoms with Gasteiger partial charge >= 0.3 is 5.97 Å². The number of carboxylic acids is 1. The Balaban J connectivity index is 2.17. The number of hydrogen-bond acceptors (Lipinski definition) is 3. The van der Waals surface area contributed by atoms with E-state index in [1.807, 2.05) is 6.92 Å². The fourth-order valence-corrected chi connectivity index (χ4v) is 2.15. The van der Waals surface area contributed by atoms with Crippen LogP contribution in [0.3, 0.4) is 0 Å². The minimum absolute atomic E-state index is 0.0751. The molecular formula is C14H15ClN2O3. The van der Waals surface area contributed by atoms with E-state index in [1.54, 1.807) is 36.0 Å². The first-order valence-corrected chi connectivity index (χ1v) is 6.47. The first kappa shape index (κ1) is 14.4. The standard InChI is InChI=1S/C14H15ClN2O3/c1-9-14(15)11(17(2)16-9)8-20-12-6-4-3-5-10(12)7-13(18)19/h3-6H,7-8H2,1-2H3,(H,18,19). The lowest BCUT2D eigenvalue weighted by Crippen LogP contribution is -2.07. The first-order chi connectivity index (χ1) is 9.49. The summed E-state index contributed by atoms with van der Waals surface area (Å²) in [4.78, 5) is 10.8. The molecule has 20 heavy (non-hydrogen) atoms. The summed E-state index contributed by atoms with van der Waals surface area (Å²) in [7, 11) is 1.79. The Morgan fingerprint density at radius 3 is 2.75 bits per heavy atom. The number of nitrogens with zero attached hydrogens (tertiary/aromatic N) is 2. The van der Waals surface area contributed by atoms with Gasteiger partial charge in [-0.15, -0.1) is 0 Å². The lowest BCUT2D eigenvalue weighted by molar-refractivity contribution is -0.136. The molecule has 0 saturated heterocycles. The molecule has 0 radical (unpaired) electrons. The maximum atomic E-state index is 10.8. The lowest BCUT2D eigenvalue weighted by Gasteiger charge is -2.10. The summed E-state index contributed by atoms with van der Waals surface area (Å²) >= 11 is 6.15. The Labute approximate surface area is 121 Å². The molecule has 0 atom stereocenters. The molecule has 0 aliphatic heterocycles. The molecule has 106 valence electrons. The molecule has 2 aromatic rings. The van der Waals surface area contributed by atoms with Gasteiger partial charge in [0, 0.05) is 12.6 Å². The average Bonchev–Trinajstić information content (AvgIpc) is 2.62. The van der Waals surface area contributed by atoms with Crippen LogP contribution in [0.25, 0.3) is 0 Å². The molecule has 0 bridgehead atoms. The Morgan fingerprint density at radius 1 is 1.45 bits per heavy atom. The predicted octanol–water partition coefficient (Wildman–Crippen LogP) is 2.59. The molecule has 6 heteroatoms. The van der Waals surface area contributed by atoms with Crippen molar-refractivity contribution in [3.05, 3.63) is 46.2 Å². The molecule has 1 aromatic carbocycles. The van der Waals surface area contributed by atoms with Crippen molar-refractivity contribution in [1.82, 2.24) is 9.78 Å². The molecule has 0 fully saturated rings. The van der Waals surface area contributed by atoms with E-state index in [-0.39, 0.29) is 13.0 Å². The van der Waals surface area contributed by atoms with Crippen molar-refractivity contribution in [3.8, 4) is 5.75 Å². The fraction of sp³-hybridized carbons (Fsp3) is 0.286. The third kappa shape index (κ3) is 3.11. The van der Waals surface area contributed by atoms with Gasteiger partial charge in [-0.2, -0.15) is 5.10 Å².